The highest BCUT2D eigenvalue weighted by Gasteiger charge is 2.10. The molecular weight excluding hydrogens is 186 g/mol. The van der Waals surface area contributed by atoms with Gasteiger partial charge in [0, 0.05) is 13.8 Å². The van der Waals surface area contributed by atoms with Crippen molar-refractivity contribution < 1.29 is 0 Å². The van der Waals surface area contributed by atoms with E-state index in [0.717, 1.165) is 5.71 Å². The molecule has 2 heteroatoms. The summed E-state index contributed by atoms with van der Waals surface area (Å²) in [5, 5.41) is 0. The highest BCUT2D eigenvalue weighted by Crippen LogP contribution is 2.10. The van der Waals surface area contributed by atoms with E-state index in [0.29, 0.717) is 0 Å². The first-order chi connectivity index (χ1) is 6.10. The maximum absolute atomic E-state index is 4.57. The van der Waals surface area contributed by atoms with Crippen LogP contribution in [0.3, 0.4) is 0 Å². The van der Waals surface area contributed by atoms with Crippen molar-refractivity contribution in [3.8, 4) is 0 Å². The Morgan fingerprint density at radius 3 is 2.07 bits per heavy atom. The predicted octanol–water partition coefficient (Wildman–Crippen LogP) is 4.14. The van der Waals surface area contributed by atoms with E-state index in [2.05, 4.69) is 64.5 Å². The van der Waals surface area contributed by atoms with E-state index in [-0.39, 0.29) is 5.54 Å². The first kappa shape index (κ1) is 13.6. The van der Waals surface area contributed by atoms with Gasteiger partial charge >= 0.3 is 0 Å². The lowest BCUT2D eigenvalue weighted by Crippen LogP contribution is -2.17. The number of rotatable bonds is 3. The zero-order valence-corrected chi connectivity index (χ0v) is 11.8. The molecule has 0 fully saturated rings. The van der Waals surface area contributed by atoms with Gasteiger partial charge in [0.05, 0.1) is 5.54 Å². The highest BCUT2D eigenvalue weighted by molar-refractivity contribution is 6.76. The summed E-state index contributed by atoms with van der Waals surface area (Å²) in [6.07, 6.45) is 4.43. The van der Waals surface area contributed by atoms with Crippen LogP contribution in [0.4, 0.5) is 0 Å². The van der Waals surface area contributed by atoms with Gasteiger partial charge in [0.15, 0.2) is 0 Å². The molecule has 0 aromatic heterocycles. The molecule has 0 rings (SSSR count). The average molecular weight is 211 g/mol. The zero-order valence-electron chi connectivity index (χ0n) is 10.8. The lowest BCUT2D eigenvalue weighted by molar-refractivity contribution is 0.584. The molecule has 0 amide bonds. The SMILES string of the molecule is CC(/C=C/C[Si](C)(C)C)=NC(C)(C)C. The fourth-order valence-corrected chi connectivity index (χ4v) is 1.97. The van der Waals surface area contributed by atoms with Gasteiger partial charge in [0.1, 0.15) is 0 Å². The summed E-state index contributed by atoms with van der Waals surface area (Å²) in [4.78, 5) is 4.57. The van der Waals surface area contributed by atoms with Crippen molar-refractivity contribution in [3.05, 3.63) is 12.2 Å². The molecule has 14 heavy (non-hydrogen) atoms. The maximum Gasteiger partial charge on any atom is 0.0527 e. The Bertz CT molecular complexity index is 226. The molecule has 0 aliphatic heterocycles. The van der Waals surface area contributed by atoms with Crippen LogP contribution in [0.25, 0.3) is 0 Å². The van der Waals surface area contributed by atoms with Crippen LogP contribution in [0.15, 0.2) is 17.1 Å². The van der Waals surface area contributed by atoms with E-state index in [1.54, 1.807) is 0 Å². The molecule has 0 heterocycles. The van der Waals surface area contributed by atoms with E-state index in [1.807, 2.05) is 0 Å². The van der Waals surface area contributed by atoms with Gasteiger partial charge in [-0.25, -0.2) is 0 Å². The van der Waals surface area contributed by atoms with Gasteiger partial charge < -0.3 is 0 Å². The van der Waals surface area contributed by atoms with Crippen LogP contribution in [0, 0.1) is 0 Å². The van der Waals surface area contributed by atoms with Gasteiger partial charge in [0.25, 0.3) is 0 Å². The van der Waals surface area contributed by atoms with E-state index < -0.39 is 8.07 Å². The van der Waals surface area contributed by atoms with Crippen LogP contribution in [0.2, 0.25) is 25.7 Å². The molecule has 0 unspecified atom stereocenters. The largest absolute Gasteiger partial charge is 0.284 e. The molecule has 0 aliphatic carbocycles. The van der Waals surface area contributed by atoms with E-state index >= 15 is 0 Å². The Hall–Kier alpha value is -0.373. The first-order valence-electron chi connectivity index (χ1n) is 5.33. The molecule has 1 nitrogen and oxygen atoms in total. The molecule has 82 valence electrons. The first-order valence-corrected chi connectivity index (χ1v) is 9.04. The summed E-state index contributed by atoms with van der Waals surface area (Å²) in [7, 11) is -0.925. The molecule has 0 saturated carbocycles. The summed E-state index contributed by atoms with van der Waals surface area (Å²) >= 11 is 0. The van der Waals surface area contributed by atoms with Crippen LogP contribution in [0.1, 0.15) is 27.7 Å². The summed E-state index contributed by atoms with van der Waals surface area (Å²) in [5.74, 6) is 0. The number of allylic oxidation sites excluding steroid dienone is 2. The van der Waals surface area contributed by atoms with Crippen molar-refractivity contribution in [1.29, 1.82) is 0 Å². The molecule has 0 radical (unpaired) electrons. The Morgan fingerprint density at radius 2 is 1.71 bits per heavy atom. The van der Waals surface area contributed by atoms with Crippen LogP contribution in [-0.4, -0.2) is 19.3 Å². The third-order valence-electron chi connectivity index (χ3n) is 1.60. The normalized spacial score (nSPS) is 15.2. The third-order valence-corrected chi connectivity index (χ3v) is 3.06. The van der Waals surface area contributed by atoms with E-state index in [9.17, 15) is 0 Å². The minimum atomic E-state index is -0.925. The minimum absolute atomic E-state index is 0.0492. The van der Waals surface area contributed by atoms with Gasteiger partial charge in [-0.1, -0.05) is 25.7 Å². The molecule has 0 atom stereocenters. The Labute approximate surface area is 90.3 Å². The second-order valence-corrected chi connectivity index (χ2v) is 11.6. The van der Waals surface area contributed by atoms with Crippen molar-refractivity contribution in [2.75, 3.05) is 0 Å². The van der Waals surface area contributed by atoms with Gasteiger partial charge in [-0.3, -0.25) is 4.99 Å². The topological polar surface area (TPSA) is 12.4 Å². The maximum atomic E-state index is 4.57. The van der Waals surface area contributed by atoms with Crippen LogP contribution < -0.4 is 0 Å². The fourth-order valence-electron chi connectivity index (χ4n) is 1.15. The number of hydrogen-bond donors (Lipinski definition) is 0. The van der Waals surface area contributed by atoms with Gasteiger partial charge in [-0.2, -0.15) is 0 Å². The van der Waals surface area contributed by atoms with Crippen molar-refractivity contribution >= 4 is 13.8 Å². The van der Waals surface area contributed by atoms with E-state index in [4.69, 9.17) is 0 Å². The van der Waals surface area contributed by atoms with Crippen LogP contribution in [0.5, 0.6) is 0 Å². The van der Waals surface area contributed by atoms with Crippen LogP contribution >= 0.6 is 0 Å². The second-order valence-electron chi connectivity index (χ2n) is 6.09. The summed E-state index contributed by atoms with van der Waals surface area (Å²) in [5.41, 5.74) is 1.18. The molecule has 0 bridgehead atoms. The average Bonchev–Trinajstić information content (AvgIpc) is 1.78. The molecule has 0 N–H and O–H groups in total. The third kappa shape index (κ3) is 9.71. The van der Waals surface area contributed by atoms with E-state index in [1.165, 1.54) is 6.04 Å². The molecule has 0 aromatic carbocycles. The van der Waals surface area contributed by atoms with Crippen molar-refractivity contribution in [2.45, 2.75) is 58.9 Å². The lowest BCUT2D eigenvalue weighted by atomic mass is 10.1. The smallest absolute Gasteiger partial charge is 0.0527 e. The van der Waals surface area contributed by atoms with Gasteiger partial charge in [-0.05, 0) is 39.8 Å². The summed E-state index contributed by atoms with van der Waals surface area (Å²) < 4.78 is 0. The number of aliphatic imine (C=N–C) groups is 1. The van der Waals surface area contributed by atoms with Crippen molar-refractivity contribution in [2.24, 2.45) is 4.99 Å². The number of nitrogens with zero attached hydrogens (tertiary/aromatic N) is 1. The minimum Gasteiger partial charge on any atom is -0.284 e. The monoisotopic (exact) mass is 211 g/mol. The highest BCUT2D eigenvalue weighted by atomic mass is 28.3. The molecule has 0 saturated heterocycles. The Balaban J connectivity index is 4.20. The van der Waals surface area contributed by atoms with Crippen LogP contribution in [-0.2, 0) is 0 Å². The summed E-state index contributed by atoms with van der Waals surface area (Å²) in [6.45, 7) is 15.6. The number of hydrogen-bond acceptors (Lipinski definition) is 1. The second kappa shape index (κ2) is 4.92. The standard InChI is InChI=1S/C12H25NSi/c1-11(13-12(2,3)4)9-8-10-14(5,6)7/h8-9H,10H2,1-7H3/b9-8+,13-11?. The van der Waals surface area contributed by atoms with Gasteiger partial charge in [0.2, 0.25) is 0 Å². The molecule has 0 aromatic rings. The fraction of sp³-hybridized carbons (Fsp3) is 0.750. The Kier molecular flexibility index (Phi) is 4.79. The zero-order chi connectivity index (χ0) is 11.4. The lowest BCUT2D eigenvalue weighted by Gasteiger charge is -2.13. The van der Waals surface area contributed by atoms with Gasteiger partial charge in [-0.15, -0.1) is 0 Å². The molecule has 0 aliphatic rings. The van der Waals surface area contributed by atoms with Crippen molar-refractivity contribution in [3.63, 3.8) is 0 Å². The summed E-state index contributed by atoms with van der Waals surface area (Å²) in [6, 6.07) is 1.24. The van der Waals surface area contributed by atoms with Crippen molar-refractivity contribution in [1.82, 2.24) is 0 Å². The Morgan fingerprint density at radius 1 is 1.21 bits per heavy atom. The molecular formula is C12H25NSi. The predicted molar refractivity (Wildman–Crippen MR) is 70.2 cm³/mol. The molecule has 0 spiro atoms. The quantitative estimate of drug-likeness (QED) is 0.491.